The van der Waals surface area contributed by atoms with E-state index in [4.69, 9.17) is 12.2 Å². The van der Waals surface area contributed by atoms with E-state index in [1.165, 1.54) is 5.56 Å². The molecule has 4 heteroatoms. The van der Waals surface area contributed by atoms with Gasteiger partial charge in [-0.15, -0.1) is 0 Å². The smallest absolute Gasteiger partial charge is 0.199 e. The third kappa shape index (κ3) is 1.80. The van der Waals surface area contributed by atoms with Crippen LogP contribution in [0, 0.1) is 11.7 Å². The summed E-state index contributed by atoms with van der Waals surface area (Å²) in [5.74, 6) is 1.31. The van der Waals surface area contributed by atoms with Crippen molar-refractivity contribution in [2.75, 3.05) is 0 Å². The number of para-hydroxylation sites is 1. The molecule has 1 N–H and O–H groups in total. The molecule has 0 spiro atoms. The zero-order chi connectivity index (χ0) is 11.7. The van der Waals surface area contributed by atoms with Crippen molar-refractivity contribution in [3.8, 4) is 5.69 Å². The summed E-state index contributed by atoms with van der Waals surface area (Å²) in [6.07, 6.45) is 0. The zero-order valence-corrected chi connectivity index (χ0v) is 10.5. The Morgan fingerprint density at radius 3 is 2.62 bits per heavy atom. The molecule has 0 fully saturated rings. The summed E-state index contributed by atoms with van der Waals surface area (Å²) in [6, 6.07) is 8.18. The summed E-state index contributed by atoms with van der Waals surface area (Å²) >= 11 is 5.28. The van der Waals surface area contributed by atoms with Gasteiger partial charge in [-0.2, -0.15) is 5.10 Å². The van der Waals surface area contributed by atoms with Crippen molar-refractivity contribution >= 4 is 12.2 Å². The Bertz CT molecular complexity index is 551. The third-order valence-electron chi connectivity index (χ3n) is 2.57. The van der Waals surface area contributed by atoms with E-state index in [2.05, 4.69) is 43.1 Å². The maximum Gasteiger partial charge on any atom is 0.199 e. The Kier molecular flexibility index (Phi) is 2.92. The summed E-state index contributed by atoms with van der Waals surface area (Å²) in [4.78, 5) is 0. The van der Waals surface area contributed by atoms with Gasteiger partial charge in [0.15, 0.2) is 4.77 Å². The lowest BCUT2D eigenvalue weighted by Gasteiger charge is -2.11. The maximum absolute atomic E-state index is 5.28. The molecular weight excluding hydrogens is 218 g/mol. The van der Waals surface area contributed by atoms with Crippen LogP contribution in [0.1, 0.15) is 31.2 Å². The van der Waals surface area contributed by atoms with Crippen LogP contribution in [0.5, 0.6) is 0 Å². The summed E-state index contributed by atoms with van der Waals surface area (Å²) in [6.45, 7) is 6.30. The van der Waals surface area contributed by atoms with Crippen molar-refractivity contribution in [3.05, 3.63) is 40.4 Å². The Hall–Kier alpha value is -1.42. The van der Waals surface area contributed by atoms with E-state index >= 15 is 0 Å². The molecule has 0 bridgehead atoms. The third-order valence-corrected chi connectivity index (χ3v) is 2.84. The van der Waals surface area contributed by atoms with Crippen LogP contribution >= 0.6 is 12.2 Å². The Morgan fingerprint density at radius 1 is 1.31 bits per heavy atom. The van der Waals surface area contributed by atoms with Crippen LogP contribution in [0.3, 0.4) is 0 Å². The predicted molar refractivity (Wildman–Crippen MR) is 67.6 cm³/mol. The van der Waals surface area contributed by atoms with Crippen molar-refractivity contribution in [2.45, 2.75) is 26.7 Å². The van der Waals surface area contributed by atoms with Crippen molar-refractivity contribution in [1.82, 2.24) is 14.8 Å². The van der Waals surface area contributed by atoms with Gasteiger partial charge in [0.25, 0.3) is 0 Å². The predicted octanol–water partition coefficient (Wildman–Crippen LogP) is 3.36. The highest BCUT2D eigenvalue weighted by Gasteiger charge is 2.12. The van der Waals surface area contributed by atoms with Crippen LogP contribution < -0.4 is 0 Å². The first-order valence-corrected chi connectivity index (χ1v) is 5.75. The average molecular weight is 233 g/mol. The van der Waals surface area contributed by atoms with Crippen LogP contribution in [0.2, 0.25) is 0 Å². The highest BCUT2D eigenvalue weighted by molar-refractivity contribution is 7.71. The van der Waals surface area contributed by atoms with Gasteiger partial charge < -0.3 is 0 Å². The molecular formula is C12H15N3S. The molecule has 0 radical (unpaired) electrons. The van der Waals surface area contributed by atoms with Crippen LogP contribution in [-0.2, 0) is 0 Å². The number of nitrogens with zero attached hydrogens (tertiary/aromatic N) is 2. The maximum atomic E-state index is 5.28. The van der Waals surface area contributed by atoms with Crippen molar-refractivity contribution in [2.24, 2.45) is 0 Å². The second kappa shape index (κ2) is 4.22. The molecule has 0 unspecified atom stereocenters. The van der Waals surface area contributed by atoms with Gasteiger partial charge >= 0.3 is 0 Å². The Balaban J connectivity index is 2.69. The molecule has 1 aromatic carbocycles. The lowest BCUT2D eigenvalue weighted by Crippen LogP contribution is -2.04. The molecule has 16 heavy (non-hydrogen) atoms. The van der Waals surface area contributed by atoms with E-state index < -0.39 is 0 Å². The highest BCUT2D eigenvalue weighted by atomic mass is 32.1. The molecule has 0 aliphatic rings. The van der Waals surface area contributed by atoms with Crippen LogP contribution in [0.15, 0.2) is 24.3 Å². The monoisotopic (exact) mass is 233 g/mol. The number of hydrogen-bond donors (Lipinski definition) is 1. The second-order valence-electron chi connectivity index (χ2n) is 4.16. The fourth-order valence-electron chi connectivity index (χ4n) is 1.74. The fourth-order valence-corrected chi connectivity index (χ4v) is 1.98. The largest absolute Gasteiger partial charge is 0.272 e. The lowest BCUT2D eigenvalue weighted by molar-refractivity contribution is 0.743. The molecule has 1 heterocycles. The molecule has 0 aliphatic carbocycles. The molecule has 0 atom stereocenters. The summed E-state index contributed by atoms with van der Waals surface area (Å²) in [5, 5.41) is 7.14. The molecule has 0 aliphatic heterocycles. The Labute approximate surface area is 100 Å². The number of aromatic amines is 1. The number of rotatable bonds is 2. The highest BCUT2D eigenvalue weighted by Crippen LogP contribution is 2.20. The molecule has 2 rings (SSSR count). The van der Waals surface area contributed by atoms with E-state index in [0.717, 1.165) is 11.5 Å². The summed E-state index contributed by atoms with van der Waals surface area (Å²) in [5.41, 5.74) is 2.30. The van der Waals surface area contributed by atoms with Gasteiger partial charge in [-0.25, -0.2) is 0 Å². The normalized spacial score (nSPS) is 11.0. The SMILES string of the molecule is Cc1ccccc1-n1c(C(C)C)n[nH]c1=S. The molecule has 3 nitrogen and oxygen atoms in total. The quantitative estimate of drug-likeness (QED) is 0.807. The van der Waals surface area contributed by atoms with Gasteiger partial charge in [-0.05, 0) is 30.8 Å². The molecule has 1 aromatic heterocycles. The minimum atomic E-state index is 0.340. The Morgan fingerprint density at radius 2 is 2.00 bits per heavy atom. The van der Waals surface area contributed by atoms with Crippen LogP contribution in [0.25, 0.3) is 5.69 Å². The van der Waals surface area contributed by atoms with E-state index in [1.54, 1.807) is 0 Å². The molecule has 84 valence electrons. The number of aromatic nitrogens is 3. The van der Waals surface area contributed by atoms with Crippen LogP contribution in [-0.4, -0.2) is 14.8 Å². The first-order chi connectivity index (χ1) is 7.61. The van der Waals surface area contributed by atoms with E-state index in [-0.39, 0.29) is 0 Å². The lowest BCUT2D eigenvalue weighted by atomic mass is 10.1. The molecule has 0 saturated carbocycles. The first-order valence-electron chi connectivity index (χ1n) is 5.34. The van der Waals surface area contributed by atoms with Gasteiger partial charge in [-0.3, -0.25) is 9.67 Å². The molecule has 0 amide bonds. The van der Waals surface area contributed by atoms with Crippen molar-refractivity contribution in [1.29, 1.82) is 0 Å². The average Bonchev–Trinajstić information content (AvgIpc) is 2.61. The van der Waals surface area contributed by atoms with Gasteiger partial charge in [0.05, 0.1) is 5.69 Å². The van der Waals surface area contributed by atoms with Gasteiger partial charge in [-0.1, -0.05) is 32.0 Å². The summed E-state index contributed by atoms with van der Waals surface area (Å²) in [7, 11) is 0. The number of benzene rings is 1. The van der Waals surface area contributed by atoms with Crippen molar-refractivity contribution < 1.29 is 0 Å². The van der Waals surface area contributed by atoms with Crippen molar-refractivity contribution in [3.63, 3.8) is 0 Å². The van der Waals surface area contributed by atoms with Gasteiger partial charge in [0.1, 0.15) is 5.82 Å². The minimum absolute atomic E-state index is 0.340. The number of H-pyrrole nitrogens is 1. The number of nitrogens with one attached hydrogen (secondary N) is 1. The summed E-state index contributed by atoms with van der Waals surface area (Å²) < 4.78 is 2.66. The molecule has 2 aromatic rings. The van der Waals surface area contributed by atoms with E-state index in [9.17, 15) is 0 Å². The van der Waals surface area contributed by atoms with E-state index in [1.807, 2.05) is 16.7 Å². The number of aryl methyl sites for hydroxylation is 1. The van der Waals surface area contributed by atoms with E-state index in [0.29, 0.717) is 10.7 Å². The first kappa shape index (κ1) is 11.1. The molecule has 0 saturated heterocycles. The number of hydrogen-bond acceptors (Lipinski definition) is 2. The fraction of sp³-hybridized carbons (Fsp3) is 0.333. The minimum Gasteiger partial charge on any atom is -0.272 e. The van der Waals surface area contributed by atoms with Crippen LogP contribution in [0.4, 0.5) is 0 Å². The zero-order valence-electron chi connectivity index (χ0n) is 9.69. The second-order valence-corrected chi connectivity index (χ2v) is 4.55. The topological polar surface area (TPSA) is 33.6 Å². The van der Waals surface area contributed by atoms with Gasteiger partial charge in [0, 0.05) is 5.92 Å². The van der Waals surface area contributed by atoms with Gasteiger partial charge in [0.2, 0.25) is 0 Å². The standard InChI is InChI=1S/C12H15N3S/c1-8(2)11-13-14-12(16)15(11)10-7-5-4-6-9(10)3/h4-8H,1-3H3,(H,14,16).